The highest BCUT2D eigenvalue weighted by molar-refractivity contribution is 5.92. The summed E-state index contributed by atoms with van der Waals surface area (Å²) in [6.07, 6.45) is 9.72. The Hall–Kier alpha value is -4.20. The van der Waals surface area contributed by atoms with Crippen LogP contribution in [0.15, 0.2) is 72.3 Å². The molecule has 0 aromatic carbocycles. The number of amides is 1. The number of aryl methyl sites for hydroxylation is 1. The van der Waals surface area contributed by atoms with Crippen molar-refractivity contribution < 1.29 is 4.79 Å². The van der Waals surface area contributed by atoms with E-state index in [-0.39, 0.29) is 11.5 Å². The van der Waals surface area contributed by atoms with Crippen molar-refractivity contribution in [2.24, 2.45) is 0 Å². The second-order valence-electron chi connectivity index (χ2n) is 6.66. The summed E-state index contributed by atoms with van der Waals surface area (Å²) in [7, 11) is 0. The quantitative estimate of drug-likeness (QED) is 0.534. The molecule has 0 aliphatic rings. The summed E-state index contributed by atoms with van der Waals surface area (Å²) in [6.45, 7) is 2.23. The minimum Gasteiger partial charge on any atom is -0.347 e. The van der Waals surface area contributed by atoms with Crippen molar-refractivity contribution >= 4 is 5.91 Å². The maximum Gasteiger partial charge on any atom is 0.270 e. The molecule has 0 radical (unpaired) electrons. The Kier molecular flexibility index (Phi) is 5.38. The highest BCUT2D eigenvalue weighted by atomic mass is 16.1. The molecule has 0 fully saturated rings. The normalized spacial score (nSPS) is 10.6. The molecule has 0 bridgehead atoms. The molecule has 0 aliphatic carbocycles. The molecule has 0 saturated heterocycles. The van der Waals surface area contributed by atoms with Gasteiger partial charge in [0.15, 0.2) is 0 Å². The summed E-state index contributed by atoms with van der Waals surface area (Å²) in [5.74, 6) is -0.281. The zero-order valence-corrected chi connectivity index (χ0v) is 16.2. The monoisotopic (exact) mass is 398 g/mol. The third-order valence-electron chi connectivity index (χ3n) is 4.49. The molecule has 148 valence electrons. The molecule has 4 aromatic heterocycles. The van der Waals surface area contributed by atoms with Gasteiger partial charge in [0.05, 0.1) is 17.6 Å². The summed E-state index contributed by atoms with van der Waals surface area (Å²) in [5, 5.41) is 2.85. The van der Waals surface area contributed by atoms with Gasteiger partial charge in [-0.2, -0.15) is 0 Å². The summed E-state index contributed by atoms with van der Waals surface area (Å²) in [5.41, 5.74) is 4.87. The van der Waals surface area contributed by atoms with Crippen LogP contribution in [-0.4, -0.2) is 30.8 Å². The van der Waals surface area contributed by atoms with E-state index in [0.29, 0.717) is 17.9 Å². The molecule has 0 aliphatic heterocycles. The topological polar surface area (TPSA) is 114 Å². The molecule has 2 N–H and O–H groups in total. The summed E-state index contributed by atoms with van der Waals surface area (Å²) >= 11 is 0. The van der Waals surface area contributed by atoms with E-state index in [1.807, 2.05) is 13.0 Å². The van der Waals surface area contributed by atoms with Crippen LogP contribution in [0.1, 0.15) is 21.6 Å². The van der Waals surface area contributed by atoms with Crippen molar-refractivity contribution in [3.05, 3.63) is 94.7 Å². The van der Waals surface area contributed by atoms with E-state index in [2.05, 4.69) is 30.2 Å². The Labute approximate surface area is 172 Å². The van der Waals surface area contributed by atoms with E-state index < -0.39 is 0 Å². The molecule has 0 saturated carbocycles. The molecule has 0 spiro atoms. The van der Waals surface area contributed by atoms with Crippen LogP contribution in [0.3, 0.4) is 0 Å². The summed E-state index contributed by atoms with van der Waals surface area (Å²) in [4.78, 5) is 43.4. The van der Waals surface area contributed by atoms with Crippen molar-refractivity contribution in [3.63, 3.8) is 0 Å². The third kappa shape index (κ3) is 4.27. The standard InChI is InChI=1S/C22H18N6O2/c1-14-8-15(10-27-21(14)16-4-5-25-20(29)9-16)11-28-22(30)18-3-2-17(12-26-18)19-13-23-6-7-24-19/h2-10,12-13H,11H2,1H3,(H,25,29)(H,28,30). The summed E-state index contributed by atoms with van der Waals surface area (Å²) in [6, 6.07) is 8.68. The Morgan fingerprint density at radius 1 is 1.00 bits per heavy atom. The maximum atomic E-state index is 12.4. The number of nitrogens with zero attached hydrogens (tertiary/aromatic N) is 4. The molecule has 30 heavy (non-hydrogen) atoms. The highest BCUT2D eigenvalue weighted by Crippen LogP contribution is 2.20. The molecule has 4 rings (SSSR count). The molecule has 8 nitrogen and oxygen atoms in total. The Morgan fingerprint density at radius 3 is 2.60 bits per heavy atom. The Morgan fingerprint density at radius 2 is 1.90 bits per heavy atom. The van der Waals surface area contributed by atoms with E-state index in [0.717, 1.165) is 27.9 Å². The van der Waals surface area contributed by atoms with Crippen LogP contribution in [-0.2, 0) is 6.54 Å². The fourth-order valence-corrected chi connectivity index (χ4v) is 3.02. The van der Waals surface area contributed by atoms with Gasteiger partial charge in [-0.15, -0.1) is 0 Å². The number of pyridine rings is 3. The molecular weight excluding hydrogens is 380 g/mol. The predicted molar refractivity (Wildman–Crippen MR) is 111 cm³/mol. The molecule has 0 atom stereocenters. The van der Waals surface area contributed by atoms with Crippen molar-refractivity contribution in [3.8, 4) is 22.5 Å². The van der Waals surface area contributed by atoms with Crippen LogP contribution in [0.4, 0.5) is 0 Å². The lowest BCUT2D eigenvalue weighted by atomic mass is 10.1. The minimum absolute atomic E-state index is 0.178. The second kappa shape index (κ2) is 8.44. The first-order valence-electron chi connectivity index (χ1n) is 9.25. The minimum atomic E-state index is -0.281. The van der Waals surface area contributed by atoms with E-state index in [4.69, 9.17) is 0 Å². The second-order valence-corrected chi connectivity index (χ2v) is 6.66. The zero-order valence-electron chi connectivity index (χ0n) is 16.2. The van der Waals surface area contributed by atoms with Gasteiger partial charge >= 0.3 is 0 Å². The largest absolute Gasteiger partial charge is 0.347 e. The van der Waals surface area contributed by atoms with Gasteiger partial charge in [0.2, 0.25) is 5.56 Å². The predicted octanol–water partition coefficient (Wildman–Crippen LogP) is 2.53. The van der Waals surface area contributed by atoms with Gasteiger partial charge in [-0.1, -0.05) is 6.07 Å². The third-order valence-corrected chi connectivity index (χ3v) is 4.49. The van der Waals surface area contributed by atoms with Crippen molar-refractivity contribution in [1.82, 2.24) is 30.2 Å². The average Bonchev–Trinajstić information content (AvgIpc) is 2.78. The number of H-pyrrole nitrogens is 1. The van der Waals surface area contributed by atoms with Gasteiger partial charge in [0, 0.05) is 54.7 Å². The van der Waals surface area contributed by atoms with Gasteiger partial charge in [0.25, 0.3) is 5.91 Å². The number of carbonyl (C=O) groups excluding carboxylic acids is 1. The van der Waals surface area contributed by atoms with E-state index in [1.54, 1.807) is 55.4 Å². The Balaban J connectivity index is 1.42. The number of aromatic nitrogens is 5. The molecule has 4 aromatic rings. The number of nitrogens with one attached hydrogen (secondary N) is 2. The molecular formula is C22H18N6O2. The smallest absolute Gasteiger partial charge is 0.270 e. The lowest BCUT2D eigenvalue weighted by Gasteiger charge is -2.09. The first-order valence-corrected chi connectivity index (χ1v) is 9.25. The average molecular weight is 398 g/mol. The van der Waals surface area contributed by atoms with Gasteiger partial charge in [-0.25, -0.2) is 0 Å². The molecule has 4 heterocycles. The summed E-state index contributed by atoms with van der Waals surface area (Å²) < 4.78 is 0. The number of hydrogen-bond acceptors (Lipinski definition) is 6. The molecule has 8 heteroatoms. The molecule has 0 unspecified atom stereocenters. The van der Waals surface area contributed by atoms with Crippen LogP contribution in [0.5, 0.6) is 0 Å². The van der Waals surface area contributed by atoms with E-state index >= 15 is 0 Å². The number of rotatable bonds is 5. The Bertz CT molecular complexity index is 1240. The first kappa shape index (κ1) is 19.1. The fourth-order valence-electron chi connectivity index (χ4n) is 3.02. The number of aromatic amines is 1. The lowest BCUT2D eigenvalue weighted by molar-refractivity contribution is 0.0946. The van der Waals surface area contributed by atoms with Crippen molar-refractivity contribution in [1.29, 1.82) is 0 Å². The van der Waals surface area contributed by atoms with Gasteiger partial charge in [-0.3, -0.25) is 29.5 Å². The first-order chi connectivity index (χ1) is 14.6. The highest BCUT2D eigenvalue weighted by Gasteiger charge is 2.10. The molecule has 1 amide bonds. The van der Waals surface area contributed by atoms with Crippen molar-refractivity contribution in [2.45, 2.75) is 13.5 Å². The maximum absolute atomic E-state index is 12.4. The van der Waals surface area contributed by atoms with Crippen LogP contribution >= 0.6 is 0 Å². The number of hydrogen-bond donors (Lipinski definition) is 2. The zero-order chi connectivity index (χ0) is 20.9. The lowest BCUT2D eigenvalue weighted by Crippen LogP contribution is -2.23. The van der Waals surface area contributed by atoms with Gasteiger partial charge in [0.1, 0.15) is 5.69 Å². The van der Waals surface area contributed by atoms with Crippen LogP contribution in [0, 0.1) is 6.92 Å². The van der Waals surface area contributed by atoms with Gasteiger partial charge < -0.3 is 10.3 Å². The SMILES string of the molecule is Cc1cc(CNC(=O)c2ccc(-c3cnccn3)cn2)cnc1-c1cc[nH]c(=O)c1. The van der Waals surface area contributed by atoms with Crippen LogP contribution in [0.25, 0.3) is 22.5 Å². The van der Waals surface area contributed by atoms with E-state index in [1.165, 1.54) is 6.07 Å². The fraction of sp³-hybridized carbons (Fsp3) is 0.0909. The van der Waals surface area contributed by atoms with Crippen LogP contribution in [0.2, 0.25) is 0 Å². The van der Waals surface area contributed by atoms with E-state index in [9.17, 15) is 9.59 Å². The van der Waals surface area contributed by atoms with Gasteiger partial charge in [-0.05, 0) is 36.2 Å². The van der Waals surface area contributed by atoms with Crippen molar-refractivity contribution in [2.75, 3.05) is 0 Å². The van der Waals surface area contributed by atoms with Crippen LogP contribution < -0.4 is 10.9 Å². The number of carbonyl (C=O) groups is 1.